The summed E-state index contributed by atoms with van der Waals surface area (Å²) in [4.78, 5) is 0. The molecule has 1 unspecified atom stereocenters. The van der Waals surface area contributed by atoms with Gasteiger partial charge in [-0.2, -0.15) is 0 Å². The standard InChI is InChI=1S/C14H21FO2/c1-14(2,17-3)9-8-12(10-16)11-4-6-13(15)7-5-11/h4-7,12,16H,8-10H2,1-3H3. The average Bonchev–Trinajstić information content (AvgIpc) is 2.32. The molecular formula is C14H21FO2. The predicted molar refractivity (Wildman–Crippen MR) is 66.5 cm³/mol. The molecular weight excluding hydrogens is 219 g/mol. The summed E-state index contributed by atoms with van der Waals surface area (Å²) in [7, 11) is 1.69. The molecule has 0 heterocycles. The lowest BCUT2D eigenvalue weighted by atomic mass is 9.90. The topological polar surface area (TPSA) is 29.5 Å². The number of hydrogen-bond donors (Lipinski definition) is 1. The molecule has 0 saturated heterocycles. The zero-order valence-electron chi connectivity index (χ0n) is 10.7. The smallest absolute Gasteiger partial charge is 0.123 e. The highest BCUT2D eigenvalue weighted by Crippen LogP contribution is 2.26. The zero-order valence-corrected chi connectivity index (χ0v) is 10.7. The van der Waals surface area contributed by atoms with E-state index in [-0.39, 0.29) is 23.9 Å². The van der Waals surface area contributed by atoms with E-state index >= 15 is 0 Å². The van der Waals surface area contributed by atoms with E-state index < -0.39 is 0 Å². The minimum absolute atomic E-state index is 0.0463. The van der Waals surface area contributed by atoms with Gasteiger partial charge in [-0.15, -0.1) is 0 Å². The van der Waals surface area contributed by atoms with Crippen molar-refractivity contribution in [1.82, 2.24) is 0 Å². The van der Waals surface area contributed by atoms with Crippen LogP contribution in [0.1, 0.15) is 38.2 Å². The predicted octanol–water partition coefficient (Wildman–Crippen LogP) is 3.11. The molecule has 1 atom stereocenters. The van der Waals surface area contributed by atoms with E-state index in [2.05, 4.69) is 0 Å². The van der Waals surface area contributed by atoms with Crippen LogP contribution < -0.4 is 0 Å². The molecule has 0 bridgehead atoms. The van der Waals surface area contributed by atoms with Crippen molar-refractivity contribution in [2.24, 2.45) is 0 Å². The summed E-state index contributed by atoms with van der Waals surface area (Å²) in [6, 6.07) is 6.32. The molecule has 1 N–H and O–H groups in total. The van der Waals surface area contributed by atoms with Crippen molar-refractivity contribution in [1.29, 1.82) is 0 Å². The molecule has 17 heavy (non-hydrogen) atoms. The van der Waals surface area contributed by atoms with Gasteiger partial charge in [0, 0.05) is 19.6 Å². The highest BCUT2D eigenvalue weighted by atomic mass is 19.1. The van der Waals surface area contributed by atoms with Crippen LogP contribution in [-0.4, -0.2) is 24.4 Å². The number of rotatable bonds is 6. The molecule has 0 aliphatic heterocycles. The van der Waals surface area contributed by atoms with Gasteiger partial charge in [-0.05, 0) is 44.4 Å². The lowest BCUT2D eigenvalue weighted by Gasteiger charge is -2.25. The molecule has 0 fully saturated rings. The largest absolute Gasteiger partial charge is 0.396 e. The van der Waals surface area contributed by atoms with E-state index in [4.69, 9.17) is 4.74 Å². The van der Waals surface area contributed by atoms with Gasteiger partial charge in [0.1, 0.15) is 5.82 Å². The van der Waals surface area contributed by atoms with E-state index in [9.17, 15) is 9.50 Å². The molecule has 3 heteroatoms. The third-order valence-corrected chi connectivity index (χ3v) is 3.21. The summed E-state index contributed by atoms with van der Waals surface area (Å²) in [6.07, 6.45) is 1.68. The number of ether oxygens (including phenoxy) is 1. The molecule has 0 radical (unpaired) electrons. The van der Waals surface area contributed by atoms with Gasteiger partial charge in [-0.3, -0.25) is 0 Å². The van der Waals surface area contributed by atoms with Crippen LogP contribution in [0.2, 0.25) is 0 Å². The maximum Gasteiger partial charge on any atom is 0.123 e. The molecule has 1 aromatic carbocycles. The van der Waals surface area contributed by atoms with Gasteiger partial charge in [-0.25, -0.2) is 4.39 Å². The van der Waals surface area contributed by atoms with Crippen LogP contribution in [0.3, 0.4) is 0 Å². The van der Waals surface area contributed by atoms with Crippen LogP contribution in [-0.2, 0) is 4.74 Å². The van der Waals surface area contributed by atoms with Crippen LogP contribution >= 0.6 is 0 Å². The molecule has 96 valence electrons. The summed E-state index contributed by atoms with van der Waals surface area (Å²) >= 11 is 0. The molecule has 0 aliphatic rings. The summed E-state index contributed by atoms with van der Waals surface area (Å²) in [5, 5.41) is 9.38. The average molecular weight is 240 g/mol. The quantitative estimate of drug-likeness (QED) is 0.828. The minimum atomic E-state index is -0.248. The Kier molecular flexibility index (Phi) is 5.09. The molecule has 0 aromatic heterocycles. The van der Waals surface area contributed by atoms with Crippen LogP contribution in [0, 0.1) is 5.82 Å². The van der Waals surface area contributed by atoms with Crippen molar-refractivity contribution in [2.75, 3.05) is 13.7 Å². The van der Waals surface area contributed by atoms with Crippen LogP contribution in [0.4, 0.5) is 4.39 Å². The van der Waals surface area contributed by atoms with Gasteiger partial charge in [-0.1, -0.05) is 12.1 Å². The van der Waals surface area contributed by atoms with Gasteiger partial charge in [0.2, 0.25) is 0 Å². The Labute approximate surface area is 102 Å². The van der Waals surface area contributed by atoms with Crippen molar-refractivity contribution in [3.8, 4) is 0 Å². The van der Waals surface area contributed by atoms with Crippen molar-refractivity contribution >= 4 is 0 Å². The lowest BCUT2D eigenvalue weighted by Crippen LogP contribution is -2.23. The Balaban J connectivity index is 2.63. The van der Waals surface area contributed by atoms with Crippen LogP contribution in [0.15, 0.2) is 24.3 Å². The summed E-state index contributed by atoms with van der Waals surface area (Å²) < 4.78 is 18.1. The first-order valence-corrected chi connectivity index (χ1v) is 5.90. The maximum atomic E-state index is 12.8. The van der Waals surface area contributed by atoms with Crippen molar-refractivity contribution < 1.29 is 14.2 Å². The van der Waals surface area contributed by atoms with Gasteiger partial charge in [0.05, 0.1) is 5.60 Å². The fraction of sp³-hybridized carbons (Fsp3) is 0.571. The van der Waals surface area contributed by atoms with Gasteiger partial charge in [0.25, 0.3) is 0 Å². The first-order chi connectivity index (χ1) is 7.98. The Morgan fingerprint density at radius 2 is 1.88 bits per heavy atom. The maximum absolute atomic E-state index is 12.8. The minimum Gasteiger partial charge on any atom is -0.396 e. The second-order valence-electron chi connectivity index (χ2n) is 4.93. The summed E-state index contributed by atoms with van der Waals surface area (Å²) in [6.45, 7) is 4.11. The number of halogens is 1. The molecule has 1 aromatic rings. The second-order valence-corrected chi connectivity index (χ2v) is 4.93. The monoisotopic (exact) mass is 240 g/mol. The van der Waals surface area contributed by atoms with E-state index in [1.165, 1.54) is 12.1 Å². The number of aliphatic hydroxyl groups excluding tert-OH is 1. The van der Waals surface area contributed by atoms with Crippen molar-refractivity contribution in [2.45, 2.75) is 38.2 Å². The lowest BCUT2D eigenvalue weighted by molar-refractivity contribution is 0.0111. The Hall–Kier alpha value is -0.930. The van der Waals surface area contributed by atoms with E-state index in [1.807, 2.05) is 13.8 Å². The Morgan fingerprint density at radius 1 is 1.29 bits per heavy atom. The molecule has 0 saturated carbocycles. The molecule has 0 amide bonds. The number of methoxy groups -OCH3 is 1. The van der Waals surface area contributed by atoms with Crippen molar-refractivity contribution in [3.63, 3.8) is 0 Å². The number of aliphatic hydroxyl groups is 1. The van der Waals surface area contributed by atoms with Crippen LogP contribution in [0.5, 0.6) is 0 Å². The van der Waals surface area contributed by atoms with Gasteiger partial charge < -0.3 is 9.84 Å². The molecule has 1 rings (SSSR count). The third kappa shape index (κ3) is 4.44. The van der Waals surface area contributed by atoms with Crippen LogP contribution in [0.25, 0.3) is 0 Å². The third-order valence-electron chi connectivity index (χ3n) is 3.21. The zero-order chi connectivity index (χ0) is 12.9. The first-order valence-electron chi connectivity index (χ1n) is 5.90. The highest BCUT2D eigenvalue weighted by molar-refractivity contribution is 5.20. The van der Waals surface area contributed by atoms with E-state index in [1.54, 1.807) is 19.2 Å². The fourth-order valence-electron chi connectivity index (χ4n) is 1.72. The number of hydrogen-bond acceptors (Lipinski definition) is 2. The van der Waals surface area contributed by atoms with E-state index in [0.717, 1.165) is 18.4 Å². The number of benzene rings is 1. The molecule has 0 aliphatic carbocycles. The van der Waals surface area contributed by atoms with Gasteiger partial charge in [0.15, 0.2) is 0 Å². The normalized spacial score (nSPS) is 13.7. The van der Waals surface area contributed by atoms with E-state index in [0.29, 0.717) is 0 Å². The summed E-state index contributed by atoms with van der Waals surface area (Å²) in [5.74, 6) is -0.201. The Bertz CT molecular complexity index is 333. The Morgan fingerprint density at radius 3 is 2.35 bits per heavy atom. The summed E-state index contributed by atoms with van der Waals surface area (Å²) in [5.41, 5.74) is 0.786. The first kappa shape index (κ1) is 14.1. The van der Waals surface area contributed by atoms with Gasteiger partial charge >= 0.3 is 0 Å². The fourth-order valence-corrected chi connectivity index (χ4v) is 1.72. The second kappa shape index (κ2) is 6.12. The highest BCUT2D eigenvalue weighted by Gasteiger charge is 2.19. The molecule has 0 spiro atoms. The SMILES string of the molecule is COC(C)(C)CCC(CO)c1ccc(F)cc1. The van der Waals surface area contributed by atoms with Crippen molar-refractivity contribution in [3.05, 3.63) is 35.6 Å². The molecule has 2 nitrogen and oxygen atoms in total.